The van der Waals surface area contributed by atoms with Gasteiger partial charge in [-0.15, -0.1) is 0 Å². The lowest BCUT2D eigenvalue weighted by Crippen LogP contribution is -2.26. The summed E-state index contributed by atoms with van der Waals surface area (Å²) in [5.41, 5.74) is 0.132. The van der Waals surface area contributed by atoms with Crippen LogP contribution in [0.4, 0.5) is 10.1 Å². The topological polar surface area (TPSA) is 75.3 Å². The third-order valence-electron chi connectivity index (χ3n) is 5.34. The van der Waals surface area contributed by atoms with Crippen LogP contribution in [0.2, 0.25) is 0 Å². The van der Waals surface area contributed by atoms with Crippen LogP contribution in [0.15, 0.2) is 53.4 Å². The Kier molecular flexibility index (Phi) is 7.25. The summed E-state index contributed by atoms with van der Waals surface area (Å²) in [5.74, 6) is -0.320. The number of benzene rings is 2. The highest BCUT2D eigenvalue weighted by molar-refractivity contribution is 7.92. The van der Waals surface area contributed by atoms with Crippen LogP contribution in [0, 0.1) is 11.7 Å². The van der Waals surface area contributed by atoms with E-state index < -0.39 is 15.8 Å². The molecule has 7 heteroatoms. The van der Waals surface area contributed by atoms with Crippen molar-refractivity contribution in [2.45, 2.75) is 49.8 Å². The van der Waals surface area contributed by atoms with E-state index in [1.807, 2.05) is 0 Å². The van der Waals surface area contributed by atoms with Crippen molar-refractivity contribution in [2.24, 2.45) is 5.92 Å². The standard InChI is InChI=1S/C22H27FN2O3S/c23-20-12-5-6-13-21(20)25-29(27,28)19-11-7-10-18(16-19)22(26)24-15-14-17-8-3-1-2-4-9-17/h5-7,10-13,16-17,25H,1-4,8-9,14-15H2,(H,24,26). The van der Waals surface area contributed by atoms with Gasteiger partial charge in [-0.2, -0.15) is 0 Å². The number of carbonyl (C=O) groups excluding carboxylic acids is 1. The Morgan fingerprint density at radius 3 is 2.45 bits per heavy atom. The van der Waals surface area contributed by atoms with Crippen LogP contribution in [0.5, 0.6) is 0 Å². The summed E-state index contributed by atoms with van der Waals surface area (Å²) in [6.45, 7) is 0.577. The average molecular weight is 419 g/mol. The van der Waals surface area contributed by atoms with Crippen LogP contribution in [-0.4, -0.2) is 20.9 Å². The van der Waals surface area contributed by atoms with Crippen LogP contribution in [-0.2, 0) is 10.0 Å². The minimum atomic E-state index is -4.00. The number of halogens is 1. The lowest BCUT2D eigenvalue weighted by molar-refractivity contribution is 0.0950. The van der Waals surface area contributed by atoms with E-state index in [1.165, 1.54) is 74.9 Å². The molecule has 1 aliphatic rings. The van der Waals surface area contributed by atoms with Gasteiger partial charge >= 0.3 is 0 Å². The van der Waals surface area contributed by atoms with Crippen molar-refractivity contribution in [1.82, 2.24) is 5.32 Å². The fourth-order valence-electron chi connectivity index (χ4n) is 3.70. The Morgan fingerprint density at radius 2 is 1.72 bits per heavy atom. The van der Waals surface area contributed by atoms with E-state index in [2.05, 4.69) is 10.0 Å². The summed E-state index contributed by atoms with van der Waals surface area (Å²) in [6, 6.07) is 11.3. The number of carbonyl (C=O) groups is 1. The second kappa shape index (κ2) is 9.87. The van der Waals surface area contributed by atoms with Gasteiger partial charge in [-0.3, -0.25) is 9.52 Å². The monoisotopic (exact) mass is 418 g/mol. The molecule has 0 bridgehead atoms. The van der Waals surface area contributed by atoms with Crippen molar-refractivity contribution >= 4 is 21.6 Å². The van der Waals surface area contributed by atoms with Gasteiger partial charge in [0.05, 0.1) is 10.6 Å². The number of nitrogens with one attached hydrogen (secondary N) is 2. The molecular formula is C22H27FN2O3S. The first-order valence-corrected chi connectivity index (χ1v) is 11.6. The van der Waals surface area contributed by atoms with Crippen molar-refractivity contribution in [1.29, 1.82) is 0 Å². The Balaban J connectivity index is 1.62. The number of anilines is 1. The lowest BCUT2D eigenvalue weighted by Gasteiger charge is -2.14. The van der Waals surface area contributed by atoms with Crippen molar-refractivity contribution in [3.05, 3.63) is 59.9 Å². The molecule has 1 aliphatic carbocycles. The van der Waals surface area contributed by atoms with Crippen molar-refractivity contribution in [3.8, 4) is 0 Å². The van der Waals surface area contributed by atoms with Gasteiger partial charge in [-0.1, -0.05) is 56.7 Å². The van der Waals surface area contributed by atoms with E-state index in [0.717, 1.165) is 6.42 Å². The Bertz CT molecular complexity index is 939. The third kappa shape index (κ3) is 6.03. The van der Waals surface area contributed by atoms with Crippen LogP contribution >= 0.6 is 0 Å². The van der Waals surface area contributed by atoms with E-state index in [9.17, 15) is 17.6 Å². The van der Waals surface area contributed by atoms with Gasteiger partial charge in [-0.25, -0.2) is 12.8 Å². The number of hydrogen-bond acceptors (Lipinski definition) is 3. The zero-order chi connectivity index (χ0) is 20.7. The number of rotatable bonds is 7. The first-order chi connectivity index (χ1) is 14.0. The molecule has 29 heavy (non-hydrogen) atoms. The molecule has 0 spiro atoms. The second-order valence-electron chi connectivity index (χ2n) is 7.52. The van der Waals surface area contributed by atoms with E-state index in [4.69, 9.17) is 0 Å². The molecule has 3 rings (SSSR count). The minimum absolute atomic E-state index is 0.0860. The zero-order valence-corrected chi connectivity index (χ0v) is 17.2. The summed E-state index contributed by atoms with van der Waals surface area (Å²) in [6.07, 6.45) is 8.48. The summed E-state index contributed by atoms with van der Waals surface area (Å²) in [5, 5.41) is 2.89. The Labute approximate surface area is 171 Å². The molecule has 2 N–H and O–H groups in total. The summed E-state index contributed by atoms with van der Waals surface area (Å²) in [4.78, 5) is 12.4. The van der Waals surface area contributed by atoms with Crippen LogP contribution in [0.25, 0.3) is 0 Å². The fraction of sp³-hybridized carbons (Fsp3) is 0.409. The first-order valence-electron chi connectivity index (χ1n) is 10.1. The molecule has 1 saturated carbocycles. The van der Waals surface area contributed by atoms with Gasteiger partial charge in [0, 0.05) is 12.1 Å². The fourth-order valence-corrected chi connectivity index (χ4v) is 4.81. The van der Waals surface area contributed by atoms with Crippen molar-refractivity contribution in [3.63, 3.8) is 0 Å². The van der Waals surface area contributed by atoms with Gasteiger partial charge in [0.15, 0.2) is 0 Å². The molecular weight excluding hydrogens is 391 g/mol. The van der Waals surface area contributed by atoms with Gasteiger partial charge in [0.2, 0.25) is 0 Å². The molecule has 0 radical (unpaired) electrons. The van der Waals surface area contributed by atoms with Crippen LogP contribution in [0.1, 0.15) is 55.3 Å². The highest BCUT2D eigenvalue weighted by atomic mass is 32.2. The van der Waals surface area contributed by atoms with E-state index in [0.29, 0.717) is 12.5 Å². The maximum absolute atomic E-state index is 13.8. The maximum atomic E-state index is 13.8. The number of hydrogen-bond donors (Lipinski definition) is 2. The van der Waals surface area contributed by atoms with Crippen LogP contribution in [0.3, 0.4) is 0 Å². The number of para-hydroxylation sites is 1. The van der Waals surface area contributed by atoms with Crippen molar-refractivity contribution in [2.75, 3.05) is 11.3 Å². The molecule has 0 heterocycles. The van der Waals surface area contributed by atoms with Gasteiger partial charge in [-0.05, 0) is 42.7 Å². The smallest absolute Gasteiger partial charge is 0.262 e. The predicted molar refractivity (Wildman–Crippen MR) is 112 cm³/mol. The second-order valence-corrected chi connectivity index (χ2v) is 9.20. The van der Waals surface area contributed by atoms with Crippen LogP contribution < -0.4 is 10.0 Å². The summed E-state index contributed by atoms with van der Waals surface area (Å²) >= 11 is 0. The molecule has 156 valence electrons. The van der Waals surface area contributed by atoms with Gasteiger partial charge in [0.1, 0.15) is 5.82 Å². The third-order valence-corrected chi connectivity index (χ3v) is 6.70. The molecule has 0 aromatic heterocycles. The molecule has 5 nitrogen and oxygen atoms in total. The zero-order valence-electron chi connectivity index (χ0n) is 16.4. The van der Waals surface area contributed by atoms with E-state index in [-0.39, 0.29) is 22.1 Å². The molecule has 0 unspecified atom stereocenters. The molecule has 1 fully saturated rings. The van der Waals surface area contributed by atoms with E-state index >= 15 is 0 Å². The summed E-state index contributed by atoms with van der Waals surface area (Å²) in [7, 11) is -4.00. The Hall–Kier alpha value is -2.41. The normalized spacial score (nSPS) is 15.5. The first kappa shape index (κ1) is 21.3. The molecule has 2 aromatic carbocycles. The number of sulfonamides is 1. The molecule has 1 amide bonds. The molecule has 0 atom stereocenters. The largest absolute Gasteiger partial charge is 0.352 e. The number of amides is 1. The quantitative estimate of drug-likeness (QED) is 0.639. The molecule has 2 aromatic rings. The highest BCUT2D eigenvalue weighted by Crippen LogP contribution is 2.25. The minimum Gasteiger partial charge on any atom is -0.352 e. The van der Waals surface area contributed by atoms with Gasteiger partial charge < -0.3 is 5.32 Å². The molecule has 0 saturated heterocycles. The highest BCUT2D eigenvalue weighted by Gasteiger charge is 2.18. The lowest BCUT2D eigenvalue weighted by atomic mass is 9.97. The average Bonchev–Trinajstić information content (AvgIpc) is 2.98. The SMILES string of the molecule is O=C(NCCC1CCCCCC1)c1cccc(S(=O)(=O)Nc2ccccc2F)c1. The summed E-state index contributed by atoms with van der Waals surface area (Å²) < 4.78 is 41.1. The van der Waals surface area contributed by atoms with E-state index in [1.54, 1.807) is 12.1 Å². The maximum Gasteiger partial charge on any atom is 0.262 e. The predicted octanol–water partition coefficient (Wildman–Crippen LogP) is 4.72. The van der Waals surface area contributed by atoms with Gasteiger partial charge in [0.25, 0.3) is 15.9 Å². The molecule has 0 aliphatic heterocycles. The van der Waals surface area contributed by atoms with Crippen molar-refractivity contribution < 1.29 is 17.6 Å². The Morgan fingerprint density at radius 1 is 1.00 bits per heavy atom.